The molecule has 0 spiro atoms. The van der Waals surface area contributed by atoms with Crippen LogP contribution in [0.4, 0.5) is 5.13 Å². The lowest BCUT2D eigenvalue weighted by atomic mass is 10.0. The van der Waals surface area contributed by atoms with Crippen molar-refractivity contribution in [2.75, 3.05) is 24.6 Å². The Morgan fingerprint density at radius 3 is 3.05 bits per heavy atom. The van der Waals surface area contributed by atoms with Crippen molar-refractivity contribution in [1.82, 2.24) is 4.98 Å². The number of rotatable bonds is 4. The fourth-order valence-corrected chi connectivity index (χ4v) is 3.11. The summed E-state index contributed by atoms with van der Waals surface area (Å²) in [6.45, 7) is 3.63. The predicted molar refractivity (Wildman–Crippen MR) is 74.1 cm³/mol. The maximum absolute atomic E-state index is 10.8. The van der Waals surface area contributed by atoms with Gasteiger partial charge in [0, 0.05) is 13.1 Å². The maximum atomic E-state index is 10.8. The Bertz CT molecular complexity index is 619. The molecule has 0 amide bonds. The molecule has 5 nitrogen and oxygen atoms in total. The molecule has 1 fully saturated rings. The number of aromatic nitrogens is 1. The molecule has 1 saturated heterocycles. The average molecular weight is 278 g/mol. The third kappa shape index (κ3) is 2.12. The van der Waals surface area contributed by atoms with Crippen LogP contribution < -0.4 is 9.64 Å². The van der Waals surface area contributed by atoms with Crippen LogP contribution in [0.25, 0.3) is 10.2 Å². The first kappa shape index (κ1) is 12.2. The Kier molecular flexibility index (Phi) is 3.02. The Morgan fingerprint density at radius 1 is 1.58 bits per heavy atom. The zero-order valence-corrected chi connectivity index (χ0v) is 11.3. The van der Waals surface area contributed by atoms with E-state index in [4.69, 9.17) is 9.84 Å². The highest BCUT2D eigenvalue weighted by Crippen LogP contribution is 2.36. The normalized spacial score (nSPS) is 15.5. The SMILES string of the molecule is CCOc1cccc2sc(N3CC(C(=O)O)C3)nc12. The van der Waals surface area contributed by atoms with Crippen molar-refractivity contribution in [3.8, 4) is 5.75 Å². The second-order valence-corrected chi connectivity index (χ2v) is 5.48. The molecule has 1 aliphatic heterocycles. The number of hydrogen-bond donors (Lipinski definition) is 1. The number of anilines is 1. The molecular formula is C13H14N2O3S. The number of thiazole rings is 1. The number of benzene rings is 1. The van der Waals surface area contributed by atoms with Crippen LogP contribution in [0, 0.1) is 5.92 Å². The molecular weight excluding hydrogens is 264 g/mol. The second-order valence-electron chi connectivity index (χ2n) is 4.47. The van der Waals surface area contributed by atoms with Gasteiger partial charge in [0.05, 0.1) is 17.2 Å². The van der Waals surface area contributed by atoms with Crippen molar-refractivity contribution in [3.63, 3.8) is 0 Å². The molecule has 0 unspecified atom stereocenters. The number of fused-ring (bicyclic) bond motifs is 1. The summed E-state index contributed by atoms with van der Waals surface area (Å²) in [6.07, 6.45) is 0. The van der Waals surface area contributed by atoms with E-state index in [0.717, 1.165) is 21.1 Å². The number of para-hydroxylation sites is 1. The van der Waals surface area contributed by atoms with Gasteiger partial charge in [-0.25, -0.2) is 4.98 Å². The quantitative estimate of drug-likeness (QED) is 0.929. The van der Waals surface area contributed by atoms with E-state index in [1.807, 2.05) is 30.0 Å². The van der Waals surface area contributed by atoms with E-state index in [1.165, 1.54) is 0 Å². The van der Waals surface area contributed by atoms with Gasteiger partial charge in [0.1, 0.15) is 11.3 Å². The summed E-state index contributed by atoms with van der Waals surface area (Å²) < 4.78 is 6.62. The molecule has 1 aromatic carbocycles. The van der Waals surface area contributed by atoms with Crippen LogP contribution in [0.2, 0.25) is 0 Å². The number of aliphatic carboxylic acids is 1. The fraction of sp³-hybridized carbons (Fsp3) is 0.385. The van der Waals surface area contributed by atoms with E-state index in [9.17, 15) is 4.79 Å². The van der Waals surface area contributed by atoms with Crippen LogP contribution in [0.3, 0.4) is 0 Å². The number of nitrogens with zero attached hydrogens (tertiary/aromatic N) is 2. The Morgan fingerprint density at radius 2 is 2.37 bits per heavy atom. The van der Waals surface area contributed by atoms with E-state index in [0.29, 0.717) is 19.7 Å². The van der Waals surface area contributed by atoms with Gasteiger partial charge in [0.15, 0.2) is 5.13 Å². The number of hydrogen-bond acceptors (Lipinski definition) is 5. The Labute approximate surface area is 114 Å². The van der Waals surface area contributed by atoms with Gasteiger partial charge >= 0.3 is 5.97 Å². The zero-order chi connectivity index (χ0) is 13.4. The van der Waals surface area contributed by atoms with Gasteiger partial charge in [-0.05, 0) is 19.1 Å². The van der Waals surface area contributed by atoms with Gasteiger partial charge < -0.3 is 14.7 Å². The van der Waals surface area contributed by atoms with E-state index >= 15 is 0 Å². The highest BCUT2D eigenvalue weighted by atomic mass is 32.1. The van der Waals surface area contributed by atoms with Crippen LogP contribution in [0.5, 0.6) is 5.75 Å². The van der Waals surface area contributed by atoms with Crippen molar-refractivity contribution in [1.29, 1.82) is 0 Å². The molecule has 3 rings (SSSR count). The standard InChI is InChI=1S/C13H14N2O3S/c1-2-18-9-4-3-5-10-11(9)14-13(19-10)15-6-8(7-15)12(16)17/h3-5,8H,2,6-7H2,1H3,(H,16,17). The Hall–Kier alpha value is -1.82. The minimum atomic E-state index is -0.729. The molecule has 0 atom stereocenters. The van der Waals surface area contributed by atoms with Crippen molar-refractivity contribution in [3.05, 3.63) is 18.2 Å². The molecule has 19 heavy (non-hydrogen) atoms. The maximum Gasteiger partial charge on any atom is 0.310 e. The number of carbonyl (C=O) groups is 1. The van der Waals surface area contributed by atoms with Crippen LogP contribution in [0.1, 0.15) is 6.92 Å². The minimum Gasteiger partial charge on any atom is -0.492 e. The summed E-state index contributed by atoms with van der Waals surface area (Å²) in [4.78, 5) is 17.4. The average Bonchev–Trinajstić information content (AvgIpc) is 2.71. The van der Waals surface area contributed by atoms with Crippen LogP contribution >= 0.6 is 11.3 Å². The smallest absolute Gasteiger partial charge is 0.310 e. The largest absolute Gasteiger partial charge is 0.492 e. The van der Waals surface area contributed by atoms with Gasteiger partial charge in [0.25, 0.3) is 0 Å². The van der Waals surface area contributed by atoms with Crippen molar-refractivity contribution < 1.29 is 14.6 Å². The van der Waals surface area contributed by atoms with Crippen molar-refractivity contribution in [2.24, 2.45) is 5.92 Å². The fourth-order valence-electron chi connectivity index (χ4n) is 2.11. The molecule has 0 bridgehead atoms. The van der Waals surface area contributed by atoms with E-state index < -0.39 is 5.97 Å². The van der Waals surface area contributed by atoms with Crippen LogP contribution in [-0.2, 0) is 4.79 Å². The predicted octanol–water partition coefficient (Wildman–Crippen LogP) is 2.22. The summed E-state index contributed by atoms with van der Waals surface area (Å²) in [5.41, 5.74) is 0.864. The lowest BCUT2D eigenvalue weighted by molar-refractivity contribution is -0.142. The topological polar surface area (TPSA) is 62.7 Å². The van der Waals surface area contributed by atoms with E-state index in [1.54, 1.807) is 11.3 Å². The molecule has 1 N–H and O–H groups in total. The van der Waals surface area contributed by atoms with Gasteiger partial charge in [-0.15, -0.1) is 0 Å². The van der Waals surface area contributed by atoms with E-state index in [2.05, 4.69) is 4.98 Å². The Balaban J connectivity index is 1.86. The molecule has 0 radical (unpaired) electrons. The first-order valence-corrected chi connectivity index (χ1v) is 7.00. The highest BCUT2D eigenvalue weighted by molar-refractivity contribution is 7.22. The first-order chi connectivity index (χ1) is 9.19. The molecule has 2 aromatic rings. The molecule has 2 heterocycles. The van der Waals surface area contributed by atoms with Crippen LogP contribution in [0.15, 0.2) is 18.2 Å². The molecule has 0 aliphatic carbocycles. The number of ether oxygens (including phenoxy) is 1. The lowest BCUT2D eigenvalue weighted by Gasteiger charge is -2.36. The monoisotopic (exact) mass is 278 g/mol. The summed E-state index contributed by atoms with van der Waals surface area (Å²) >= 11 is 1.58. The third-order valence-electron chi connectivity index (χ3n) is 3.17. The lowest BCUT2D eigenvalue weighted by Crippen LogP contribution is -2.50. The molecule has 1 aromatic heterocycles. The number of carboxylic acid groups (broad SMARTS) is 1. The van der Waals surface area contributed by atoms with Gasteiger partial charge in [-0.3, -0.25) is 4.79 Å². The van der Waals surface area contributed by atoms with Crippen molar-refractivity contribution >= 4 is 32.7 Å². The molecule has 100 valence electrons. The van der Waals surface area contributed by atoms with Gasteiger partial charge in [0.2, 0.25) is 0 Å². The van der Waals surface area contributed by atoms with Crippen molar-refractivity contribution in [2.45, 2.75) is 6.92 Å². The third-order valence-corrected chi connectivity index (χ3v) is 4.25. The highest BCUT2D eigenvalue weighted by Gasteiger charge is 2.34. The van der Waals surface area contributed by atoms with Gasteiger partial charge in [-0.2, -0.15) is 0 Å². The first-order valence-electron chi connectivity index (χ1n) is 6.19. The molecule has 1 aliphatic rings. The zero-order valence-electron chi connectivity index (χ0n) is 10.5. The van der Waals surface area contributed by atoms with E-state index in [-0.39, 0.29) is 5.92 Å². The summed E-state index contributed by atoms with van der Waals surface area (Å²) in [5, 5.41) is 9.76. The molecule has 0 saturated carbocycles. The molecule has 6 heteroatoms. The second kappa shape index (κ2) is 4.70. The minimum absolute atomic E-state index is 0.265. The summed E-state index contributed by atoms with van der Waals surface area (Å²) in [6, 6.07) is 5.87. The van der Waals surface area contributed by atoms with Gasteiger partial charge in [-0.1, -0.05) is 17.4 Å². The van der Waals surface area contributed by atoms with Crippen LogP contribution in [-0.4, -0.2) is 35.8 Å². The summed E-state index contributed by atoms with van der Waals surface area (Å²) in [7, 11) is 0. The summed E-state index contributed by atoms with van der Waals surface area (Å²) in [5.74, 6) is -0.205. The number of carboxylic acids is 1.